The van der Waals surface area contributed by atoms with E-state index in [-0.39, 0.29) is 40.3 Å². The molecular weight excluding hydrogens is 588 g/mol. The number of halogens is 1. The second kappa shape index (κ2) is 12.9. The molecule has 3 fully saturated rings. The van der Waals surface area contributed by atoms with E-state index < -0.39 is 31.6 Å². The van der Waals surface area contributed by atoms with Crippen molar-refractivity contribution in [2.24, 2.45) is 5.92 Å². The lowest BCUT2D eigenvalue weighted by atomic mass is 9.75. The van der Waals surface area contributed by atoms with Gasteiger partial charge in [0.05, 0.1) is 31.8 Å². The molecule has 10 nitrogen and oxygen atoms in total. The maximum Gasteiger partial charge on any atom is 0.337 e. The molecule has 232 valence electrons. The third-order valence-electron chi connectivity index (χ3n) is 9.33. The fourth-order valence-corrected chi connectivity index (χ4v) is 10.1. The maximum atomic E-state index is 14.1. The van der Waals surface area contributed by atoms with E-state index in [9.17, 15) is 26.4 Å². The fourth-order valence-electron chi connectivity index (χ4n) is 7.08. The van der Waals surface area contributed by atoms with Crippen LogP contribution in [-0.4, -0.2) is 88.8 Å². The summed E-state index contributed by atoms with van der Waals surface area (Å²) in [6, 6.07) is 6.07. The second-order valence-electron chi connectivity index (χ2n) is 12.2. The molecule has 1 spiro atoms. The summed E-state index contributed by atoms with van der Waals surface area (Å²) in [5.74, 6) is 0.420. The van der Waals surface area contributed by atoms with Crippen LogP contribution in [0.15, 0.2) is 24.3 Å². The number of unbranched alkanes of at least 4 members (excludes halogenated alkanes) is 1. The van der Waals surface area contributed by atoms with Gasteiger partial charge in [-0.15, -0.1) is 12.4 Å². The Morgan fingerprint density at radius 2 is 1.54 bits per heavy atom. The van der Waals surface area contributed by atoms with Crippen molar-refractivity contribution >= 4 is 50.0 Å². The van der Waals surface area contributed by atoms with E-state index in [4.69, 9.17) is 0 Å². The van der Waals surface area contributed by atoms with Gasteiger partial charge in [-0.3, -0.25) is 9.69 Å². The quantitative estimate of drug-likeness (QED) is 0.415. The zero-order valence-electron chi connectivity index (χ0n) is 24.7. The standard InChI is InChI=1S/C28H44N4O6S2.ClH/c1-5-6-20-32(2)26(33)25(23-10-8-7-9-11-23)29-27(34)28(32)16-18-30(19-17-28)21-22-12-14-24(15-13-22)31(39(3,35)36)40(4,37)38;/h12-15,23,25H,5-11,16-21H2,1-4H3;1H/p+1/t25-,32?;/m0./s1. The molecule has 0 aromatic heterocycles. The van der Waals surface area contributed by atoms with Crippen LogP contribution in [0.1, 0.15) is 70.3 Å². The van der Waals surface area contributed by atoms with E-state index in [1.807, 2.05) is 7.05 Å². The van der Waals surface area contributed by atoms with Crippen LogP contribution in [0.4, 0.5) is 5.69 Å². The highest BCUT2D eigenvalue weighted by Crippen LogP contribution is 2.41. The minimum atomic E-state index is -4.00. The van der Waals surface area contributed by atoms with Crippen LogP contribution < -0.4 is 9.03 Å². The molecule has 2 aliphatic heterocycles. The fraction of sp³-hybridized carbons (Fsp3) is 0.714. The SMILES string of the molecule is CCCC[N+]1(C)C(=O)[C@H](C2CCCCC2)NC(=O)C12CCN(Cc1ccc(N(S(C)(=O)=O)S(C)(=O)=O)cc1)CC2.Cl. The third kappa shape index (κ3) is 6.76. The topological polar surface area (TPSA) is 121 Å². The molecule has 41 heavy (non-hydrogen) atoms. The van der Waals surface area contributed by atoms with E-state index in [1.54, 1.807) is 12.1 Å². The second-order valence-corrected chi connectivity index (χ2v) is 16.0. The van der Waals surface area contributed by atoms with Gasteiger partial charge in [0, 0.05) is 32.5 Å². The number of benzene rings is 1. The first-order chi connectivity index (χ1) is 18.7. The molecule has 13 heteroatoms. The Labute approximate surface area is 251 Å². The molecule has 1 saturated carbocycles. The highest BCUT2D eigenvalue weighted by Gasteiger charge is 2.64. The molecule has 1 N–H and O–H groups in total. The van der Waals surface area contributed by atoms with Crippen molar-refractivity contribution < 1.29 is 30.9 Å². The first-order valence-electron chi connectivity index (χ1n) is 14.5. The lowest BCUT2D eigenvalue weighted by Crippen LogP contribution is -2.81. The predicted molar refractivity (Wildman–Crippen MR) is 163 cm³/mol. The minimum Gasteiger partial charge on any atom is -0.335 e. The van der Waals surface area contributed by atoms with Crippen molar-refractivity contribution in [3.8, 4) is 0 Å². The Hall–Kier alpha value is -1.73. The molecule has 1 unspecified atom stereocenters. The van der Waals surface area contributed by atoms with Gasteiger partial charge in [0.25, 0.3) is 5.91 Å². The Bertz CT molecular complexity index is 1280. The molecule has 4 rings (SSSR count). The largest absolute Gasteiger partial charge is 0.337 e. The Morgan fingerprint density at radius 3 is 2.05 bits per heavy atom. The van der Waals surface area contributed by atoms with Crippen LogP contribution in [0, 0.1) is 5.92 Å². The Balaban J connectivity index is 0.00000462. The lowest BCUT2D eigenvalue weighted by molar-refractivity contribution is -0.883. The predicted octanol–water partition coefficient (Wildman–Crippen LogP) is 3.02. The van der Waals surface area contributed by atoms with Gasteiger partial charge in [-0.05, 0) is 42.9 Å². The number of carbonyl (C=O) groups is 2. The average Bonchev–Trinajstić information content (AvgIpc) is 2.89. The smallest absolute Gasteiger partial charge is 0.335 e. The van der Waals surface area contributed by atoms with Crippen LogP contribution in [0.5, 0.6) is 0 Å². The first kappa shape index (κ1) is 33.8. The molecule has 1 aromatic carbocycles. The van der Waals surface area contributed by atoms with E-state index in [0.29, 0.717) is 42.7 Å². The maximum absolute atomic E-state index is 14.1. The van der Waals surface area contributed by atoms with E-state index in [1.165, 1.54) is 18.6 Å². The minimum absolute atomic E-state index is 0. The lowest BCUT2D eigenvalue weighted by Gasteiger charge is -2.55. The number of hydrogen-bond donors (Lipinski definition) is 1. The van der Waals surface area contributed by atoms with Gasteiger partial charge in [0.15, 0.2) is 5.54 Å². The van der Waals surface area contributed by atoms with Gasteiger partial charge in [0.2, 0.25) is 20.0 Å². The first-order valence-corrected chi connectivity index (χ1v) is 18.2. The number of amides is 2. The highest BCUT2D eigenvalue weighted by atomic mass is 35.5. The summed E-state index contributed by atoms with van der Waals surface area (Å²) in [7, 11) is -6.01. The van der Waals surface area contributed by atoms with E-state index in [2.05, 4.69) is 17.1 Å². The number of rotatable bonds is 9. The summed E-state index contributed by atoms with van der Waals surface area (Å²) in [5, 5.41) is 3.21. The summed E-state index contributed by atoms with van der Waals surface area (Å²) in [5.41, 5.74) is 0.204. The van der Waals surface area contributed by atoms with Crippen LogP contribution in [0.2, 0.25) is 0 Å². The third-order valence-corrected chi connectivity index (χ3v) is 12.6. The molecule has 0 radical (unpaired) electrons. The van der Waals surface area contributed by atoms with Gasteiger partial charge in [-0.2, -0.15) is 3.71 Å². The number of sulfonamides is 2. The number of piperazine rings is 1. The van der Waals surface area contributed by atoms with Crippen molar-refractivity contribution in [3.05, 3.63) is 29.8 Å². The summed E-state index contributed by atoms with van der Waals surface area (Å²) in [6.07, 6.45) is 10.2. The van der Waals surface area contributed by atoms with Crippen molar-refractivity contribution in [2.45, 2.75) is 82.8 Å². The van der Waals surface area contributed by atoms with Gasteiger partial charge < -0.3 is 5.32 Å². The zero-order valence-corrected chi connectivity index (χ0v) is 27.1. The molecule has 1 aliphatic carbocycles. The molecular formula is C28H46ClN4O6S2+. The Morgan fingerprint density at radius 1 is 0.976 bits per heavy atom. The Kier molecular flexibility index (Phi) is 10.6. The van der Waals surface area contributed by atoms with Crippen LogP contribution in [-0.2, 0) is 36.2 Å². The van der Waals surface area contributed by atoms with Crippen LogP contribution in [0.25, 0.3) is 0 Å². The van der Waals surface area contributed by atoms with Crippen LogP contribution in [0.3, 0.4) is 0 Å². The van der Waals surface area contributed by atoms with Gasteiger partial charge >= 0.3 is 5.91 Å². The van der Waals surface area contributed by atoms with Crippen molar-refractivity contribution in [3.63, 3.8) is 0 Å². The van der Waals surface area contributed by atoms with Crippen molar-refractivity contribution in [2.75, 3.05) is 42.9 Å². The summed E-state index contributed by atoms with van der Waals surface area (Å²) in [6.45, 7) is 4.66. The average molecular weight is 634 g/mol. The van der Waals surface area contributed by atoms with Gasteiger partial charge in [-0.1, -0.05) is 44.7 Å². The van der Waals surface area contributed by atoms with E-state index >= 15 is 0 Å². The van der Waals surface area contributed by atoms with Gasteiger partial charge in [-0.25, -0.2) is 26.1 Å². The number of likely N-dealkylation sites (tertiary alicyclic amines) is 1. The summed E-state index contributed by atoms with van der Waals surface area (Å²) in [4.78, 5) is 30.2. The summed E-state index contributed by atoms with van der Waals surface area (Å²) >= 11 is 0. The molecule has 2 atom stereocenters. The van der Waals surface area contributed by atoms with Crippen LogP contribution >= 0.6 is 12.4 Å². The number of likely N-dealkylation sites (N-methyl/N-ethyl adjacent to an activating group) is 1. The number of quaternary nitrogens is 1. The molecule has 0 bridgehead atoms. The number of hydrogen-bond acceptors (Lipinski definition) is 7. The normalized spacial score (nSPS) is 25.9. The molecule has 2 heterocycles. The highest BCUT2D eigenvalue weighted by molar-refractivity contribution is 8.09. The van der Waals surface area contributed by atoms with E-state index in [0.717, 1.165) is 56.6 Å². The number of piperidine rings is 1. The number of anilines is 1. The monoisotopic (exact) mass is 633 g/mol. The van der Waals surface area contributed by atoms with Crippen molar-refractivity contribution in [1.82, 2.24) is 10.2 Å². The zero-order chi connectivity index (χ0) is 29.3. The van der Waals surface area contributed by atoms with Gasteiger partial charge in [0.1, 0.15) is 6.04 Å². The molecule has 3 aliphatic rings. The number of nitrogens with zero attached hydrogens (tertiary/aromatic N) is 3. The number of carbonyl (C=O) groups excluding carboxylic acids is 2. The molecule has 2 saturated heterocycles. The van der Waals surface area contributed by atoms with Crippen molar-refractivity contribution in [1.29, 1.82) is 0 Å². The summed E-state index contributed by atoms with van der Waals surface area (Å²) < 4.78 is 49.0. The molecule has 2 amide bonds. The molecule has 1 aromatic rings. The number of nitrogens with one attached hydrogen (secondary N) is 1.